The van der Waals surface area contributed by atoms with Gasteiger partial charge in [0.15, 0.2) is 0 Å². The van der Waals surface area contributed by atoms with Crippen molar-refractivity contribution in [2.75, 3.05) is 4.90 Å². The summed E-state index contributed by atoms with van der Waals surface area (Å²) in [6, 6.07) is 54.4. The van der Waals surface area contributed by atoms with Gasteiger partial charge in [-0.1, -0.05) is 84.9 Å². The monoisotopic (exact) mass is 567 g/mol. The molecule has 9 aromatic rings. The van der Waals surface area contributed by atoms with E-state index in [0.29, 0.717) is 0 Å². The van der Waals surface area contributed by atoms with Crippen molar-refractivity contribution in [3.8, 4) is 11.1 Å². The smallest absolute Gasteiger partial charge is 0.136 e. The zero-order valence-corrected chi connectivity index (χ0v) is 24.0. The molecule has 0 amide bonds. The summed E-state index contributed by atoms with van der Waals surface area (Å²) in [6.45, 7) is 0. The Labute approximate surface area is 252 Å². The van der Waals surface area contributed by atoms with Gasteiger partial charge in [-0.15, -0.1) is 11.3 Å². The number of hydrogen-bond acceptors (Lipinski definition) is 3. The first kappa shape index (κ1) is 24.2. The zero-order valence-electron chi connectivity index (χ0n) is 23.2. The molecular formula is C40H25NOS. The van der Waals surface area contributed by atoms with E-state index in [-0.39, 0.29) is 0 Å². The van der Waals surface area contributed by atoms with E-state index < -0.39 is 0 Å². The predicted molar refractivity (Wildman–Crippen MR) is 184 cm³/mol. The second kappa shape index (κ2) is 9.59. The molecule has 0 fully saturated rings. The molecule has 7 aromatic carbocycles. The van der Waals surface area contributed by atoms with Crippen molar-refractivity contribution in [3.05, 3.63) is 152 Å². The van der Waals surface area contributed by atoms with Crippen LogP contribution in [0.3, 0.4) is 0 Å². The highest BCUT2D eigenvalue weighted by Gasteiger charge is 2.17. The van der Waals surface area contributed by atoms with Gasteiger partial charge in [0.25, 0.3) is 0 Å². The van der Waals surface area contributed by atoms with E-state index in [1.165, 1.54) is 42.1 Å². The fraction of sp³-hybridized carbons (Fsp3) is 0. The molecule has 2 nitrogen and oxygen atoms in total. The van der Waals surface area contributed by atoms with Gasteiger partial charge >= 0.3 is 0 Å². The Balaban J connectivity index is 1.25. The van der Waals surface area contributed by atoms with Crippen LogP contribution in [0.25, 0.3) is 64.0 Å². The third kappa shape index (κ3) is 4.01. The Morgan fingerprint density at radius 1 is 0.395 bits per heavy atom. The van der Waals surface area contributed by atoms with Crippen LogP contribution < -0.4 is 4.90 Å². The van der Waals surface area contributed by atoms with Crippen molar-refractivity contribution in [1.29, 1.82) is 0 Å². The molecule has 0 aliphatic carbocycles. The van der Waals surface area contributed by atoms with Crippen molar-refractivity contribution in [1.82, 2.24) is 0 Å². The van der Waals surface area contributed by atoms with Gasteiger partial charge in [-0.05, 0) is 88.6 Å². The average molecular weight is 568 g/mol. The van der Waals surface area contributed by atoms with E-state index in [1.54, 1.807) is 0 Å². The van der Waals surface area contributed by atoms with Crippen molar-refractivity contribution in [3.63, 3.8) is 0 Å². The number of anilines is 3. The maximum atomic E-state index is 6.35. The quantitative estimate of drug-likeness (QED) is 0.210. The molecule has 0 aliphatic rings. The Kier molecular flexibility index (Phi) is 5.40. The lowest BCUT2D eigenvalue weighted by molar-refractivity contribution is 0.669. The summed E-state index contributed by atoms with van der Waals surface area (Å²) in [5.74, 6) is 0. The number of rotatable bonds is 4. The van der Waals surface area contributed by atoms with Gasteiger partial charge in [0.2, 0.25) is 0 Å². The van der Waals surface area contributed by atoms with Crippen LogP contribution in [0.4, 0.5) is 17.1 Å². The van der Waals surface area contributed by atoms with Crippen molar-refractivity contribution < 1.29 is 4.42 Å². The number of benzene rings is 7. The molecule has 0 aliphatic heterocycles. The van der Waals surface area contributed by atoms with Crippen molar-refractivity contribution in [2.24, 2.45) is 0 Å². The molecule has 0 saturated heterocycles. The van der Waals surface area contributed by atoms with Crippen LogP contribution in [-0.2, 0) is 0 Å². The number of thiophene rings is 1. The topological polar surface area (TPSA) is 16.4 Å². The van der Waals surface area contributed by atoms with Gasteiger partial charge < -0.3 is 9.32 Å². The second-order valence-electron chi connectivity index (χ2n) is 11.0. The van der Waals surface area contributed by atoms with Crippen LogP contribution in [0.1, 0.15) is 0 Å². The third-order valence-electron chi connectivity index (χ3n) is 8.43. The lowest BCUT2D eigenvalue weighted by atomic mass is 10.0. The van der Waals surface area contributed by atoms with E-state index in [0.717, 1.165) is 39.0 Å². The lowest BCUT2D eigenvalue weighted by Gasteiger charge is -2.26. The highest BCUT2D eigenvalue weighted by atomic mass is 32.1. The fourth-order valence-electron chi connectivity index (χ4n) is 6.32. The SMILES string of the molecule is c1ccc(-c2ccc(N(c3ccc4oc5cc6ccccc6cc5c4c3)c3ccc4sc5ccccc5c4c3)cc2)cc1. The summed E-state index contributed by atoms with van der Waals surface area (Å²) in [4.78, 5) is 2.36. The number of fused-ring (bicyclic) bond motifs is 7. The van der Waals surface area contributed by atoms with E-state index in [4.69, 9.17) is 4.42 Å². The maximum absolute atomic E-state index is 6.35. The fourth-order valence-corrected chi connectivity index (χ4v) is 7.41. The molecule has 9 rings (SSSR count). The van der Waals surface area contributed by atoms with Crippen LogP contribution >= 0.6 is 11.3 Å². The van der Waals surface area contributed by atoms with E-state index in [9.17, 15) is 0 Å². The Morgan fingerprint density at radius 2 is 1.00 bits per heavy atom. The molecule has 0 unspecified atom stereocenters. The van der Waals surface area contributed by atoms with Gasteiger partial charge in [0.05, 0.1) is 0 Å². The summed E-state index contributed by atoms with van der Waals surface area (Å²) in [6.07, 6.45) is 0. The first-order valence-electron chi connectivity index (χ1n) is 14.5. The molecule has 0 N–H and O–H groups in total. The summed E-state index contributed by atoms with van der Waals surface area (Å²) < 4.78 is 8.96. The Hall–Kier alpha value is -5.38. The number of hydrogen-bond donors (Lipinski definition) is 0. The summed E-state index contributed by atoms with van der Waals surface area (Å²) in [5, 5.41) is 7.23. The van der Waals surface area contributed by atoms with Gasteiger partial charge in [0, 0.05) is 48.0 Å². The largest absolute Gasteiger partial charge is 0.456 e. The molecule has 202 valence electrons. The highest BCUT2D eigenvalue weighted by Crippen LogP contribution is 2.43. The summed E-state index contributed by atoms with van der Waals surface area (Å²) in [5.41, 5.74) is 7.55. The average Bonchev–Trinajstić information content (AvgIpc) is 3.62. The first-order chi connectivity index (χ1) is 21.3. The van der Waals surface area contributed by atoms with Crippen LogP contribution in [0, 0.1) is 0 Å². The normalized spacial score (nSPS) is 11.7. The van der Waals surface area contributed by atoms with Crippen LogP contribution in [-0.4, -0.2) is 0 Å². The number of nitrogens with zero attached hydrogens (tertiary/aromatic N) is 1. The predicted octanol–water partition coefficient (Wildman–Crippen LogP) is 12.2. The van der Waals surface area contributed by atoms with Crippen LogP contribution in [0.2, 0.25) is 0 Å². The molecule has 0 spiro atoms. The Morgan fingerprint density at radius 3 is 1.84 bits per heavy atom. The minimum Gasteiger partial charge on any atom is -0.456 e. The van der Waals surface area contributed by atoms with Crippen molar-refractivity contribution >= 4 is 81.3 Å². The van der Waals surface area contributed by atoms with E-state index >= 15 is 0 Å². The van der Waals surface area contributed by atoms with E-state index in [1.807, 2.05) is 11.3 Å². The first-order valence-corrected chi connectivity index (χ1v) is 15.3. The van der Waals surface area contributed by atoms with Crippen LogP contribution in [0.5, 0.6) is 0 Å². The van der Waals surface area contributed by atoms with Gasteiger partial charge in [-0.25, -0.2) is 0 Å². The van der Waals surface area contributed by atoms with Crippen LogP contribution in [0.15, 0.2) is 156 Å². The number of furan rings is 1. The standard InChI is InChI=1S/C40H25NOS/c1-2-8-26(9-3-1)27-14-16-30(17-15-27)41(32-19-21-40-36(25-32)33-12-6-7-13-39(33)43-40)31-18-20-37-35(24-31)34-22-28-10-4-5-11-29(28)23-38(34)42-37/h1-25H. The highest BCUT2D eigenvalue weighted by molar-refractivity contribution is 7.25. The second-order valence-corrected chi connectivity index (χ2v) is 12.1. The lowest BCUT2D eigenvalue weighted by Crippen LogP contribution is -2.09. The summed E-state index contributed by atoms with van der Waals surface area (Å²) >= 11 is 1.85. The molecule has 2 aromatic heterocycles. The van der Waals surface area contributed by atoms with E-state index in [2.05, 4.69) is 157 Å². The van der Waals surface area contributed by atoms with Crippen molar-refractivity contribution in [2.45, 2.75) is 0 Å². The molecule has 0 saturated carbocycles. The molecule has 3 heteroatoms. The van der Waals surface area contributed by atoms with Gasteiger partial charge in [-0.2, -0.15) is 0 Å². The minimum absolute atomic E-state index is 0.896. The molecule has 2 heterocycles. The minimum atomic E-state index is 0.896. The molecule has 0 atom stereocenters. The third-order valence-corrected chi connectivity index (χ3v) is 9.58. The maximum Gasteiger partial charge on any atom is 0.136 e. The van der Waals surface area contributed by atoms with Gasteiger partial charge in [0.1, 0.15) is 11.2 Å². The molecule has 43 heavy (non-hydrogen) atoms. The molecular weight excluding hydrogens is 543 g/mol. The Bertz CT molecular complexity index is 2450. The summed E-state index contributed by atoms with van der Waals surface area (Å²) in [7, 11) is 0. The molecule has 0 bridgehead atoms. The van der Waals surface area contributed by atoms with Gasteiger partial charge in [-0.3, -0.25) is 0 Å². The molecule has 0 radical (unpaired) electrons. The zero-order chi connectivity index (χ0) is 28.3.